The summed E-state index contributed by atoms with van der Waals surface area (Å²) in [6.45, 7) is 0.756. The minimum absolute atomic E-state index is 0.0761. The first-order valence-corrected chi connectivity index (χ1v) is 6.90. The molecule has 1 aromatic carbocycles. The van der Waals surface area contributed by atoms with Crippen LogP contribution in [-0.2, 0) is 6.54 Å². The zero-order chi connectivity index (χ0) is 15.1. The van der Waals surface area contributed by atoms with E-state index in [9.17, 15) is 4.79 Å². The smallest absolute Gasteiger partial charge is 0.251 e. The number of amides is 1. The molecule has 5 nitrogen and oxygen atoms in total. The molecule has 1 amide bonds. The second-order valence-corrected chi connectivity index (χ2v) is 4.79. The summed E-state index contributed by atoms with van der Waals surface area (Å²) in [5, 5.41) is 15.0. The zero-order valence-corrected chi connectivity index (χ0v) is 12.1. The van der Waals surface area contributed by atoms with Gasteiger partial charge < -0.3 is 15.7 Å². The summed E-state index contributed by atoms with van der Waals surface area (Å²) < 4.78 is 0. The molecule has 0 bridgehead atoms. The van der Waals surface area contributed by atoms with Gasteiger partial charge in [-0.1, -0.05) is 23.7 Å². The minimum atomic E-state index is -0.208. The SMILES string of the molecule is O=C(NCCO)c1cccc(NCc2ccc(Cl)nc2)c1. The molecule has 0 spiro atoms. The van der Waals surface area contributed by atoms with E-state index in [2.05, 4.69) is 15.6 Å². The quantitative estimate of drug-likeness (QED) is 0.714. The summed E-state index contributed by atoms with van der Waals surface area (Å²) in [7, 11) is 0. The van der Waals surface area contributed by atoms with Crippen molar-refractivity contribution in [1.29, 1.82) is 0 Å². The first-order chi connectivity index (χ1) is 10.2. The summed E-state index contributed by atoms with van der Waals surface area (Å²) in [5.74, 6) is -0.208. The maximum atomic E-state index is 11.8. The number of nitrogens with one attached hydrogen (secondary N) is 2. The number of aromatic nitrogens is 1. The number of carbonyl (C=O) groups is 1. The molecule has 0 aliphatic carbocycles. The van der Waals surface area contributed by atoms with Gasteiger partial charge in [0.05, 0.1) is 6.61 Å². The Morgan fingerprint density at radius 2 is 2.14 bits per heavy atom. The van der Waals surface area contributed by atoms with Crippen LogP contribution in [0.4, 0.5) is 5.69 Å². The van der Waals surface area contributed by atoms with Gasteiger partial charge in [-0.2, -0.15) is 0 Å². The Balaban J connectivity index is 1.97. The summed E-state index contributed by atoms with van der Waals surface area (Å²) >= 11 is 5.73. The number of pyridine rings is 1. The number of aliphatic hydroxyl groups excluding tert-OH is 1. The van der Waals surface area contributed by atoms with E-state index >= 15 is 0 Å². The van der Waals surface area contributed by atoms with Gasteiger partial charge in [-0.15, -0.1) is 0 Å². The lowest BCUT2D eigenvalue weighted by Crippen LogP contribution is -2.26. The molecule has 1 aromatic heterocycles. The molecule has 0 radical (unpaired) electrons. The molecule has 0 aliphatic rings. The third-order valence-electron chi connectivity index (χ3n) is 2.81. The molecule has 1 heterocycles. The normalized spacial score (nSPS) is 10.2. The third kappa shape index (κ3) is 4.73. The molecule has 21 heavy (non-hydrogen) atoms. The molecule has 2 rings (SSSR count). The predicted octanol–water partition coefficient (Wildman–Crippen LogP) is 2.07. The largest absolute Gasteiger partial charge is 0.395 e. The highest BCUT2D eigenvalue weighted by Gasteiger charge is 2.05. The average Bonchev–Trinajstić information content (AvgIpc) is 2.52. The highest BCUT2D eigenvalue weighted by Crippen LogP contribution is 2.13. The van der Waals surface area contributed by atoms with Gasteiger partial charge in [0.15, 0.2) is 0 Å². The van der Waals surface area contributed by atoms with Crippen molar-refractivity contribution in [1.82, 2.24) is 10.3 Å². The third-order valence-corrected chi connectivity index (χ3v) is 3.03. The van der Waals surface area contributed by atoms with Crippen LogP contribution in [0.3, 0.4) is 0 Å². The molecule has 0 saturated heterocycles. The lowest BCUT2D eigenvalue weighted by atomic mass is 10.2. The fourth-order valence-corrected chi connectivity index (χ4v) is 1.87. The van der Waals surface area contributed by atoms with Crippen molar-refractivity contribution < 1.29 is 9.90 Å². The van der Waals surface area contributed by atoms with Gasteiger partial charge in [0.1, 0.15) is 5.15 Å². The second kappa shape index (κ2) is 7.61. The predicted molar refractivity (Wildman–Crippen MR) is 82.4 cm³/mol. The number of anilines is 1. The van der Waals surface area contributed by atoms with Crippen LogP contribution >= 0.6 is 11.6 Å². The van der Waals surface area contributed by atoms with E-state index in [1.165, 1.54) is 0 Å². The van der Waals surface area contributed by atoms with Gasteiger partial charge >= 0.3 is 0 Å². The van der Waals surface area contributed by atoms with Crippen LogP contribution in [0.25, 0.3) is 0 Å². The Labute approximate surface area is 128 Å². The first-order valence-electron chi connectivity index (χ1n) is 6.52. The molecule has 0 atom stereocenters. The van der Waals surface area contributed by atoms with Crippen molar-refractivity contribution in [3.63, 3.8) is 0 Å². The zero-order valence-electron chi connectivity index (χ0n) is 11.3. The molecule has 0 saturated carbocycles. The van der Waals surface area contributed by atoms with Crippen molar-refractivity contribution >= 4 is 23.2 Å². The number of rotatable bonds is 6. The number of carbonyl (C=O) groups excluding carboxylic acids is 1. The van der Waals surface area contributed by atoms with Gasteiger partial charge in [0.2, 0.25) is 0 Å². The van der Waals surface area contributed by atoms with Crippen molar-refractivity contribution in [2.24, 2.45) is 0 Å². The standard InChI is InChI=1S/C15H16ClN3O2/c16-14-5-4-11(10-19-14)9-18-13-3-1-2-12(8-13)15(21)17-6-7-20/h1-5,8,10,18,20H,6-7,9H2,(H,17,21). The maximum absolute atomic E-state index is 11.8. The summed E-state index contributed by atoms with van der Waals surface area (Å²) in [6, 6.07) is 10.8. The van der Waals surface area contributed by atoms with E-state index < -0.39 is 0 Å². The van der Waals surface area contributed by atoms with Crippen LogP contribution in [0.2, 0.25) is 5.15 Å². The van der Waals surface area contributed by atoms with E-state index in [1.807, 2.05) is 12.1 Å². The van der Waals surface area contributed by atoms with Crippen LogP contribution in [0.15, 0.2) is 42.6 Å². The number of halogens is 1. The van der Waals surface area contributed by atoms with E-state index in [4.69, 9.17) is 16.7 Å². The molecule has 110 valence electrons. The number of nitrogens with zero attached hydrogens (tertiary/aromatic N) is 1. The topological polar surface area (TPSA) is 74.2 Å². The van der Waals surface area contributed by atoms with Crippen molar-refractivity contribution in [2.75, 3.05) is 18.5 Å². The fraction of sp³-hybridized carbons (Fsp3) is 0.200. The Bertz CT molecular complexity index is 602. The molecule has 2 aromatic rings. The monoisotopic (exact) mass is 305 g/mol. The molecule has 0 fully saturated rings. The van der Waals surface area contributed by atoms with E-state index in [0.29, 0.717) is 17.3 Å². The minimum Gasteiger partial charge on any atom is -0.395 e. The lowest BCUT2D eigenvalue weighted by molar-refractivity contribution is 0.0945. The van der Waals surface area contributed by atoms with Crippen molar-refractivity contribution in [3.05, 3.63) is 58.9 Å². The second-order valence-electron chi connectivity index (χ2n) is 4.40. The molecule has 0 aliphatic heterocycles. The van der Waals surface area contributed by atoms with Gasteiger partial charge in [-0.05, 0) is 29.8 Å². The van der Waals surface area contributed by atoms with E-state index in [0.717, 1.165) is 11.3 Å². The molecule has 6 heteroatoms. The first kappa shape index (κ1) is 15.3. The number of hydrogen-bond donors (Lipinski definition) is 3. The van der Waals surface area contributed by atoms with Crippen LogP contribution in [0.1, 0.15) is 15.9 Å². The summed E-state index contributed by atoms with van der Waals surface area (Å²) in [5.41, 5.74) is 2.37. The number of hydrogen-bond acceptors (Lipinski definition) is 4. The number of aliphatic hydroxyl groups is 1. The lowest BCUT2D eigenvalue weighted by Gasteiger charge is -2.08. The van der Waals surface area contributed by atoms with Gasteiger partial charge in [-0.3, -0.25) is 4.79 Å². The van der Waals surface area contributed by atoms with Crippen LogP contribution in [0, 0.1) is 0 Å². The summed E-state index contributed by atoms with van der Waals surface area (Å²) in [4.78, 5) is 15.8. The Kier molecular flexibility index (Phi) is 5.54. The summed E-state index contributed by atoms with van der Waals surface area (Å²) in [6.07, 6.45) is 1.70. The van der Waals surface area contributed by atoms with Crippen LogP contribution in [-0.4, -0.2) is 29.1 Å². The van der Waals surface area contributed by atoms with E-state index in [-0.39, 0.29) is 19.1 Å². The molecular weight excluding hydrogens is 290 g/mol. The molecule has 0 unspecified atom stereocenters. The van der Waals surface area contributed by atoms with Gasteiger partial charge in [0.25, 0.3) is 5.91 Å². The number of benzene rings is 1. The Morgan fingerprint density at radius 3 is 2.86 bits per heavy atom. The van der Waals surface area contributed by atoms with Crippen molar-refractivity contribution in [3.8, 4) is 0 Å². The van der Waals surface area contributed by atoms with Gasteiger partial charge in [-0.25, -0.2) is 4.98 Å². The van der Waals surface area contributed by atoms with E-state index in [1.54, 1.807) is 30.5 Å². The Morgan fingerprint density at radius 1 is 1.29 bits per heavy atom. The maximum Gasteiger partial charge on any atom is 0.251 e. The highest BCUT2D eigenvalue weighted by molar-refractivity contribution is 6.29. The fourth-order valence-electron chi connectivity index (χ4n) is 1.76. The molecule has 3 N–H and O–H groups in total. The van der Waals surface area contributed by atoms with Crippen molar-refractivity contribution in [2.45, 2.75) is 6.54 Å². The van der Waals surface area contributed by atoms with Crippen LogP contribution < -0.4 is 10.6 Å². The highest BCUT2D eigenvalue weighted by atomic mass is 35.5. The molecular formula is C15H16ClN3O2. The van der Waals surface area contributed by atoms with Crippen LogP contribution in [0.5, 0.6) is 0 Å². The average molecular weight is 306 g/mol. The Hall–Kier alpha value is -2.11. The van der Waals surface area contributed by atoms with Gasteiger partial charge in [0, 0.05) is 30.5 Å².